The van der Waals surface area contributed by atoms with E-state index in [4.69, 9.17) is 4.74 Å². The number of rotatable bonds is 16. The zero-order chi connectivity index (χ0) is 37.8. The quantitative estimate of drug-likeness (QED) is 0.121. The second-order valence-electron chi connectivity index (χ2n) is 14.1. The third-order valence-electron chi connectivity index (χ3n) is 8.69. The van der Waals surface area contributed by atoms with Crippen molar-refractivity contribution in [3.63, 3.8) is 0 Å². The lowest BCUT2D eigenvalue weighted by Gasteiger charge is -2.35. The Morgan fingerprint density at radius 2 is 1.39 bits per heavy atom. The molecule has 0 aliphatic heterocycles. The van der Waals surface area contributed by atoms with Crippen molar-refractivity contribution in [3.05, 3.63) is 90.1 Å². The first-order valence-corrected chi connectivity index (χ1v) is 18.0. The van der Waals surface area contributed by atoms with Crippen molar-refractivity contribution < 1.29 is 34.1 Å². The van der Waals surface area contributed by atoms with Gasteiger partial charge >= 0.3 is 12.2 Å². The number of nitrogens with zero attached hydrogens (tertiary/aromatic N) is 1. The van der Waals surface area contributed by atoms with Gasteiger partial charge in [-0.2, -0.15) is 11.8 Å². The van der Waals surface area contributed by atoms with Gasteiger partial charge in [-0.3, -0.25) is 14.6 Å². The van der Waals surface area contributed by atoms with E-state index in [0.717, 1.165) is 22.4 Å². The van der Waals surface area contributed by atoms with E-state index in [1.807, 2.05) is 72.8 Å². The highest BCUT2D eigenvalue weighted by Crippen LogP contribution is 2.27. The summed E-state index contributed by atoms with van der Waals surface area (Å²) in [6, 6.07) is 19.1. The standard InChI is InChI=1S/C38H51N5O7S/c1-37(2,3)31(43-36(49)50-6)33(45)41-29(22-25-16-18-26(19-17-25)28-15-11-12-20-39-28)30(44)23-27(21-24-13-9-8-10-14-24)40-34(46)32(42-35(47)48)38(4,5)51-7/h8-20,27,29-32,42,44H,21-23H2,1-7H3,(H,40,46)(H,41,45)(H,43,49)(H,47,48)/t27-,29-,30-,31+,32+/m0/s1. The molecule has 276 valence electrons. The Bertz CT molecular complexity index is 1580. The maximum absolute atomic E-state index is 13.8. The molecule has 0 aliphatic rings. The van der Waals surface area contributed by atoms with Crippen LogP contribution in [0.4, 0.5) is 9.59 Å². The number of carboxylic acid groups (broad SMARTS) is 1. The van der Waals surface area contributed by atoms with Crippen LogP contribution < -0.4 is 21.3 Å². The molecule has 6 N–H and O–H groups in total. The summed E-state index contributed by atoms with van der Waals surface area (Å²) in [5.74, 6) is -1.05. The number of ether oxygens (including phenoxy) is 1. The van der Waals surface area contributed by atoms with E-state index in [0.29, 0.717) is 6.42 Å². The molecule has 1 heterocycles. The molecule has 0 aliphatic carbocycles. The number of amides is 4. The first-order chi connectivity index (χ1) is 24.0. The molecule has 0 saturated carbocycles. The van der Waals surface area contributed by atoms with Crippen LogP contribution in [-0.2, 0) is 27.2 Å². The smallest absolute Gasteiger partial charge is 0.407 e. The molecule has 0 unspecified atom stereocenters. The highest BCUT2D eigenvalue weighted by Gasteiger charge is 2.39. The van der Waals surface area contributed by atoms with Gasteiger partial charge in [0.1, 0.15) is 12.1 Å². The van der Waals surface area contributed by atoms with Gasteiger partial charge in [0, 0.05) is 22.5 Å². The van der Waals surface area contributed by atoms with E-state index in [-0.39, 0.29) is 12.8 Å². The SMILES string of the molecule is COC(=O)N[C@H](C(=O)N[C@@H](Cc1ccc(-c2ccccn2)cc1)[C@@H](O)C[C@H](Cc1ccccc1)NC(=O)[C@@H](NC(=O)O)C(C)(C)SC)C(C)(C)C. The molecule has 2 aromatic carbocycles. The van der Waals surface area contributed by atoms with Crippen molar-refractivity contribution in [2.45, 2.75) is 88.9 Å². The Hall–Kier alpha value is -4.62. The van der Waals surface area contributed by atoms with Gasteiger partial charge in [-0.15, -0.1) is 0 Å². The molecule has 51 heavy (non-hydrogen) atoms. The predicted molar refractivity (Wildman–Crippen MR) is 199 cm³/mol. The van der Waals surface area contributed by atoms with Crippen molar-refractivity contribution >= 4 is 35.8 Å². The molecule has 3 rings (SSSR count). The third-order valence-corrected chi connectivity index (χ3v) is 9.97. The number of benzene rings is 2. The van der Waals surface area contributed by atoms with Crippen LogP contribution in [0.5, 0.6) is 0 Å². The number of carbonyl (C=O) groups is 4. The van der Waals surface area contributed by atoms with E-state index in [1.165, 1.54) is 18.9 Å². The molecule has 0 radical (unpaired) electrons. The van der Waals surface area contributed by atoms with Gasteiger partial charge in [0.2, 0.25) is 11.8 Å². The van der Waals surface area contributed by atoms with Crippen LogP contribution in [0.1, 0.15) is 52.2 Å². The topological polar surface area (TPSA) is 179 Å². The zero-order valence-corrected chi connectivity index (χ0v) is 31.1. The molecule has 5 atom stereocenters. The Labute approximate surface area is 304 Å². The van der Waals surface area contributed by atoms with Crippen LogP contribution in [0.2, 0.25) is 0 Å². The Kier molecular flexibility index (Phi) is 14.9. The van der Waals surface area contributed by atoms with Gasteiger partial charge in [0.05, 0.1) is 24.9 Å². The maximum atomic E-state index is 13.8. The Balaban J connectivity index is 1.96. The molecular formula is C38H51N5O7S. The van der Waals surface area contributed by atoms with Gasteiger partial charge in [0.25, 0.3) is 0 Å². The average Bonchev–Trinajstić information content (AvgIpc) is 3.09. The minimum absolute atomic E-state index is 0.0156. The molecule has 4 amide bonds. The number of hydrogen-bond donors (Lipinski definition) is 6. The highest BCUT2D eigenvalue weighted by atomic mass is 32.2. The fraction of sp³-hybridized carbons (Fsp3) is 0.447. The maximum Gasteiger partial charge on any atom is 0.407 e. The van der Waals surface area contributed by atoms with Crippen molar-refractivity contribution in [1.82, 2.24) is 26.3 Å². The Morgan fingerprint density at radius 3 is 1.94 bits per heavy atom. The van der Waals surface area contributed by atoms with E-state index >= 15 is 0 Å². The number of thioether (sulfide) groups is 1. The van der Waals surface area contributed by atoms with E-state index in [9.17, 15) is 29.4 Å². The largest absolute Gasteiger partial charge is 0.465 e. The van der Waals surface area contributed by atoms with Gasteiger partial charge in [-0.05, 0) is 68.0 Å². The summed E-state index contributed by atoms with van der Waals surface area (Å²) >= 11 is 1.35. The molecule has 0 saturated heterocycles. The lowest BCUT2D eigenvalue weighted by atomic mass is 9.85. The van der Waals surface area contributed by atoms with Crippen LogP contribution in [-0.4, -0.2) is 87.6 Å². The number of aromatic nitrogens is 1. The first kappa shape index (κ1) is 40.8. The molecule has 12 nitrogen and oxygen atoms in total. The van der Waals surface area contributed by atoms with E-state index < -0.39 is 64.4 Å². The van der Waals surface area contributed by atoms with Crippen LogP contribution in [0.25, 0.3) is 11.3 Å². The summed E-state index contributed by atoms with van der Waals surface area (Å²) in [7, 11) is 1.21. The lowest BCUT2D eigenvalue weighted by molar-refractivity contribution is -0.127. The van der Waals surface area contributed by atoms with Crippen LogP contribution >= 0.6 is 11.8 Å². The number of methoxy groups -OCH3 is 1. The summed E-state index contributed by atoms with van der Waals surface area (Å²) < 4.78 is 3.99. The van der Waals surface area contributed by atoms with Crippen molar-refractivity contribution in [2.24, 2.45) is 5.41 Å². The minimum atomic E-state index is -1.33. The van der Waals surface area contributed by atoms with Gasteiger partial charge in [-0.1, -0.05) is 81.4 Å². The van der Waals surface area contributed by atoms with Crippen molar-refractivity contribution in [3.8, 4) is 11.3 Å². The van der Waals surface area contributed by atoms with Gasteiger partial charge in [0.15, 0.2) is 0 Å². The summed E-state index contributed by atoms with van der Waals surface area (Å²) in [5, 5.41) is 32.4. The number of carbonyl (C=O) groups excluding carboxylic acids is 3. The number of hydrogen-bond acceptors (Lipinski definition) is 8. The molecule has 0 fully saturated rings. The van der Waals surface area contributed by atoms with Crippen LogP contribution in [0, 0.1) is 5.41 Å². The first-order valence-electron chi connectivity index (χ1n) is 16.8. The molecule has 1 aromatic heterocycles. The molecular weight excluding hydrogens is 671 g/mol. The second kappa shape index (κ2) is 18.6. The van der Waals surface area contributed by atoms with Gasteiger partial charge < -0.3 is 36.2 Å². The van der Waals surface area contributed by atoms with Crippen LogP contribution in [0.3, 0.4) is 0 Å². The number of nitrogens with one attached hydrogen (secondary N) is 4. The van der Waals surface area contributed by atoms with Crippen LogP contribution in [0.15, 0.2) is 79.0 Å². The normalized spacial score (nSPS) is 14.6. The number of pyridine rings is 1. The molecule has 0 spiro atoms. The van der Waals surface area contributed by atoms with E-state index in [2.05, 4.69) is 26.3 Å². The number of aliphatic hydroxyl groups excluding tert-OH is 1. The zero-order valence-electron chi connectivity index (χ0n) is 30.3. The monoisotopic (exact) mass is 721 g/mol. The van der Waals surface area contributed by atoms with Crippen molar-refractivity contribution in [2.75, 3.05) is 13.4 Å². The summed E-state index contributed by atoms with van der Waals surface area (Å²) in [6.07, 6.45) is 0.796. The minimum Gasteiger partial charge on any atom is -0.465 e. The number of alkyl carbamates (subject to hydrolysis) is 1. The fourth-order valence-corrected chi connectivity index (χ4v) is 6.03. The second-order valence-corrected chi connectivity index (χ2v) is 15.5. The average molecular weight is 722 g/mol. The van der Waals surface area contributed by atoms with E-state index in [1.54, 1.807) is 47.1 Å². The molecule has 3 aromatic rings. The summed E-state index contributed by atoms with van der Waals surface area (Å²) in [6.45, 7) is 8.96. The Morgan fingerprint density at radius 1 is 0.784 bits per heavy atom. The number of aliphatic hydroxyl groups is 1. The third kappa shape index (κ3) is 12.6. The lowest BCUT2D eigenvalue weighted by Crippen LogP contribution is -2.59. The van der Waals surface area contributed by atoms with Crippen molar-refractivity contribution in [1.29, 1.82) is 0 Å². The molecule has 0 bridgehead atoms. The predicted octanol–water partition coefficient (Wildman–Crippen LogP) is 4.80. The molecule has 13 heteroatoms. The highest BCUT2D eigenvalue weighted by molar-refractivity contribution is 8.00. The van der Waals surface area contributed by atoms with Gasteiger partial charge in [-0.25, -0.2) is 9.59 Å². The fourth-order valence-electron chi connectivity index (χ4n) is 5.63. The summed E-state index contributed by atoms with van der Waals surface area (Å²) in [5.41, 5.74) is 2.71. The summed E-state index contributed by atoms with van der Waals surface area (Å²) in [4.78, 5) is 55.9.